The van der Waals surface area contributed by atoms with E-state index in [1.807, 2.05) is 30.3 Å². The van der Waals surface area contributed by atoms with E-state index < -0.39 is 0 Å². The molecule has 3 heterocycles. The Morgan fingerprint density at radius 3 is 2.58 bits per heavy atom. The second-order valence-corrected chi connectivity index (χ2v) is 6.32. The number of fused-ring (bicyclic) bond motifs is 4. The molecule has 0 unspecified atom stereocenters. The summed E-state index contributed by atoms with van der Waals surface area (Å²) in [6, 6.07) is 12.9. The third-order valence-corrected chi connectivity index (χ3v) is 4.92. The summed E-state index contributed by atoms with van der Waals surface area (Å²) in [6.45, 7) is 2.04. The highest BCUT2D eigenvalue weighted by atomic mass is 16.1. The number of para-hydroxylation sites is 1. The van der Waals surface area contributed by atoms with E-state index in [1.54, 1.807) is 12.1 Å². The summed E-state index contributed by atoms with van der Waals surface area (Å²) >= 11 is 0. The van der Waals surface area contributed by atoms with Gasteiger partial charge in [0.25, 0.3) is 5.56 Å². The molecule has 5 heteroatoms. The average molecular weight is 317 g/mol. The van der Waals surface area contributed by atoms with Crippen LogP contribution in [0.25, 0.3) is 16.6 Å². The van der Waals surface area contributed by atoms with Crippen molar-refractivity contribution in [2.24, 2.45) is 0 Å². The number of hydrogen-bond acceptors (Lipinski definition) is 4. The van der Waals surface area contributed by atoms with Crippen LogP contribution < -0.4 is 10.5 Å². The fourth-order valence-corrected chi connectivity index (χ4v) is 3.70. The predicted molar refractivity (Wildman–Crippen MR) is 92.2 cm³/mol. The highest BCUT2D eigenvalue weighted by Crippen LogP contribution is 2.31. The van der Waals surface area contributed by atoms with Crippen LogP contribution in [0.5, 0.6) is 0 Å². The van der Waals surface area contributed by atoms with Crippen LogP contribution in [-0.4, -0.2) is 28.4 Å². The third-order valence-electron chi connectivity index (χ3n) is 4.92. The van der Waals surface area contributed by atoms with Gasteiger partial charge in [-0.05, 0) is 43.2 Å². The molecule has 24 heavy (non-hydrogen) atoms. The molecule has 0 atom stereocenters. The largest absolute Gasteiger partial charge is 0.371 e. The highest BCUT2D eigenvalue weighted by Gasteiger charge is 2.31. The maximum atomic E-state index is 12.9. The zero-order valence-corrected chi connectivity index (χ0v) is 13.0. The van der Waals surface area contributed by atoms with Crippen LogP contribution in [0.2, 0.25) is 0 Å². The fraction of sp³-hybridized carbons (Fsp3) is 0.211. The van der Waals surface area contributed by atoms with Gasteiger partial charge in [0.15, 0.2) is 5.82 Å². The summed E-state index contributed by atoms with van der Waals surface area (Å²) < 4.78 is 1.47. The van der Waals surface area contributed by atoms with Crippen molar-refractivity contribution in [3.05, 3.63) is 64.2 Å². The third kappa shape index (κ3) is 1.72. The molecule has 0 amide bonds. The first-order valence-corrected chi connectivity index (χ1v) is 8.20. The molecule has 118 valence electrons. The summed E-state index contributed by atoms with van der Waals surface area (Å²) in [7, 11) is 0. The minimum absolute atomic E-state index is 0.179. The lowest BCUT2D eigenvalue weighted by atomic mass is 10.1. The molecule has 1 aromatic heterocycles. The van der Waals surface area contributed by atoms with Crippen molar-refractivity contribution in [3.8, 4) is 5.69 Å². The van der Waals surface area contributed by atoms with E-state index in [1.165, 1.54) is 17.4 Å². The molecule has 3 aromatic rings. The molecule has 1 saturated heterocycles. The van der Waals surface area contributed by atoms with E-state index in [-0.39, 0.29) is 17.2 Å². The molecule has 0 N–H and O–H groups in total. The monoisotopic (exact) mass is 317 g/mol. The maximum absolute atomic E-state index is 12.9. The van der Waals surface area contributed by atoms with Crippen LogP contribution in [0.4, 0.5) is 5.69 Å². The molecule has 2 aliphatic rings. The summed E-state index contributed by atoms with van der Waals surface area (Å²) in [5.74, 6) is 0.0353. The molecule has 2 aliphatic heterocycles. The lowest BCUT2D eigenvalue weighted by molar-refractivity contribution is 0.103. The van der Waals surface area contributed by atoms with Crippen LogP contribution >= 0.6 is 0 Å². The minimum Gasteiger partial charge on any atom is -0.371 e. The number of benzene rings is 2. The van der Waals surface area contributed by atoms with E-state index in [0.717, 1.165) is 18.8 Å². The van der Waals surface area contributed by atoms with E-state index in [2.05, 4.69) is 9.88 Å². The Labute approximate surface area is 138 Å². The van der Waals surface area contributed by atoms with Gasteiger partial charge >= 0.3 is 0 Å². The topological polar surface area (TPSA) is 55.2 Å². The smallest absolute Gasteiger partial charge is 0.266 e. The molecule has 0 radical (unpaired) electrons. The van der Waals surface area contributed by atoms with Crippen molar-refractivity contribution in [2.45, 2.75) is 12.8 Å². The number of ketones is 1. The van der Waals surface area contributed by atoms with E-state index >= 15 is 0 Å². The van der Waals surface area contributed by atoms with Gasteiger partial charge in [0.05, 0.1) is 22.2 Å². The fourth-order valence-electron chi connectivity index (χ4n) is 3.70. The van der Waals surface area contributed by atoms with E-state index in [4.69, 9.17) is 0 Å². The summed E-state index contributed by atoms with van der Waals surface area (Å²) in [4.78, 5) is 32.3. The Hall–Kier alpha value is -2.95. The van der Waals surface area contributed by atoms with Gasteiger partial charge in [0, 0.05) is 18.8 Å². The first-order chi connectivity index (χ1) is 11.7. The molecule has 1 fully saturated rings. The van der Waals surface area contributed by atoms with Crippen molar-refractivity contribution in [3.63, 3.8) is 0 Å². The van der Waals surface area contributed by atoms with Crippen molar-refractivity contribution >= 4 is 22.4 Å². The quantitative estimate of drug-likeness (QED) is 0.541. The predicted octanol–water partition coefficient (Wildman–Crippen LogP) is 2.53. The van der Waals surface area contributed by atoms with Gasteiger partial charge in [0.1, 0.15) is 0 Å². The van der Waals surface area contributed by atoms with Crippen LogP contribution in [-0.2, 0) is 0 Å². The second-order valence-electron chi connectivity index (χ2n) is 6.32. The van der Waals surface area contributed by atoms with Gasteiger partial charge in [-0.3, -0.25) is 14.2 Å². The normalized spacial score (nSPS) is 15.8. The molecular formula is C19H15N3O2. The van der Waals surface area contributed by atoms with Crippen LogP contribution in [0.15, 0.2) is 47.3 Å². The minimum atomic E-state index is -0.180. The zero-order chi connectivity index (χ0) is 16.3. The van der Waals surface area contributed by atoms with Crippen LogP contribution in [0.1, 0.15) is 29.0 Å². The lowest BCUT2D eigenvalue weighted by Crippen LogP contribution is -2.22. The SMILES string of the molecule is O=C1c2ccc(N3CCCC3)cc2-n2c1nc1ccccc1c2=O. The molecule has 0 saturated carbocycles. The summed E-state index contributed by atoms with van der Waals surface area (Å²) in [6.07, 6.45) is 2.36. The average Bonchev–Trinajstić information content (AvgIpc) is 3.23. The van der Waals surface area contributed by atoms with Crippen molar-refractivity contribution in [1.82, 2.24) is 9.55 Å². The van der Waals surface area contributed by atoms with Gasteiger partial charge < -0.3 is 4.90 Å². The van der Waals surface area contributed by atoms with Gasteiger partial charge in [-0.25, -0.2) is 4.98 Å². The number of carbonyl (C=O) groups excluding carboxylic acids is 1. The number of anilines is 1. The van der Waals surface area contributed by atoms with Crippen molar-refractivity contribution in [1.29, 1.82) is 0 Å². The summed E-state index contributed by atoms with van der Waals surface area (Å²) in [5, 5.41) is 0.536. The summed E-state index contributed by atoms with van der Waals surface area (Å²) in [5.41, 5.74) is 2.66. The lowest BCUT2D eigenvalue weighted by Gasteiger charge is -2.18. The Bertz CT molecular complexity index is 1060. The number of carbonyl (C=O) groups is 1. The molecule has 0 aliphatic carbocycles. The molecule has 5 nitrogen and oxygen atoms in total. The Kier molecular flexibility index (Phi) is 2.68. The maximum Gasteiger partial charge on any atom is 0.266 e. The number of nitrogens with zero attached hydrogens (tertiary/aromatic N) is 3. The second kappa shape index (κ2) is 4.77. The Morgan fingerprint density at radius 1 is 0.958 bits per heavy atom. The van der Waals surface area contributed by atoms with Crippen LogP contribution in [0, 0.1) is 0 Å². The van der Waals surface area contributed by atoms with Gasteiger partial charge in [0.2, 0.25) is 5.78 Å². The molecule has 0 spiro atoms. The van der Waals surface area contributed by atoms with Gasteiger partial charge in [-0.2, -0.15) is 0 Å². The number of hydrogen-bond donors (Lipinski definition) is 0. The van der Waals surface area contributed by atoms with Crippen molar-refractivity contribution in [2.75, 3.05) is 18.0 Å². The van der Waals surface area contributed by atoms with Gasteiger partial charge in [-0.1, -0.05) is 12.1 Å². The standard InChI is InChI=1S/C19H15N3O2/c23-17-14-8-7-12(21-9-3-4-10-21)11-16(14)22-18(17)20-15-6-2-1-5-13(15)19(22)24/h1-2,5-8,11H,3-4,9-10H2. The van der Waals surface area contributed by atoms with Crippen LogP contribution in [0.3, 0.4) is 0 Å². The van der Waals surface area contributed by atoms with Gasteiger partial charge in [-0.15, -0.1) is 0 Å². The first-order valence-electron chi connectivity index (χ1n) is 8.20. The molecule has 0 bridgehead atoms. The van der Waals surface area contributed by atoms with Crippen molar-refractivity contribution < 1.29 is 4.79 Å². The molecule has 5 rings (SSSR count). The first kappa shape index (κ1) is 13.5. The highest BCUT2D eigenvalue weighted by molar-refractivity contribution is 6.13. The number of aromatic nitrogens is 2. The van der Waals surface area contributed by atoms with E-state index in [0.29, 0.717) is 22.2 Å². The van der Waals surface area contributed by atoms with E-state index in [9.17, 15) is 9.59 Å². The molecular weight excluding hydrogens is 302 g/mol. The zero-order valence-electron chi connectivity index (χ0n) is 13.0. The number of rotatable bonds is 1. The Morgan fingerprint density at radius 2 is 1.75 bits per heavy atom. The Balaban J connectivity index is 1.79. The molecule has 2 aromatic carbocycles.